The molecule has 0 aliphatic carbocycles. The highest BCUT2D eigenvalue weighted by Gasteiger charge is 2.39. The highest BCUT2D eigenvalue weighted by atomic mass is 16.5. The van der Waals surface area contributed by atoms with Crippen molar-refractivity contribution in [2.75, 3.05) is 6.54 Å². The first kappa shape index (κ1) is 13.3. The van der Waals surface area contributed by atoms with Crippen LogP contribution in [0, 0.1) is 6.92 Å². The van der Waals surface area contributed by atoms with Crippen molar-refractivity contribution < 1.29 is 14.1 Å². The molecule has 1 aromatic carbocycles. The van der Waals surface area contributed by atoms with Gasteiger partial charge in [0.15, 0.2) is 11.9 Å². The van der Waals surface area contributed by atoms with E-state index in [-0.39, 0.29) is 11.9 Å². The maximum atomic E-state index is 12.8. The lowest BCUT2D eigenvalue weighted by Gasteiger charge is -2.25. The van der Waals surface area contributed by atoms with Crippen LogP contribution in [0.25, 0.3) is 0 Å². The normalized spacial score (nSPS) is 23.4. The molecular weight excluding hydrogens is 282 g/mol. The number of hydrogen-bond donors (Lipinski definition) is 0. The fraction of sp³-hybridized carbons (Fsp3) is 0.438. The van der Waals surface area contributed by atoms with E-state index in [2.05, 4.69) is 10.1 Å². The molecule has 6 nitrogen and oxygen atoms in total. The minimum atomic E-state index is -0.439. The van der Waals surface area contributed by atoms with Crippen molar-refractivity contribution in [3.63, 3.8) is 0 Å². The lowest BCUT2D eigenvalue weighted by atomic mass is 10.1. The molecular formula is C16H17N3O3. The summed E-state index contributed by atoms with van der Waals surface area (Å²) in [5.74, 6) is 1.95. The molecule has 0 saturated carbocycles. The maximum Gasteiger partial charge on any atom is 0.264 e. The molecule has 0 bridgehead atoms. The van der Waals surface area contributed by atoms with Crippen LogP contribution in [0.15, 0.2) is 28.8 Å². The highest BCUT2D eigenvalue weighted by molar-refractivity contribution is 5.83. The summed E-state index contributed by atoms with van der Waals surface area (Å²) >= 11 is 0. The van der Waals surface area contributed by atoms with E-state index in [0.29, 0.717) is 24.7 Å². The number of hydrogen-bond acceptors (Lipinski definition) is 5. The molecule has 1 saturated heterocycles. The van der Waals surface area contributed by atoms with Crippen molar-refractivity contribution in [3.05, 3.63) is 41.5 Å². The second-order valence-corrected chi connectivity index (χ2v) is 5.78. The van der Waals surface area contributed by atoms with E-state index >= 15 is 0 Å². The van der Waals surface area contributed by atoms with Crippen molar-refractivity contribution in [1.29, 1.82) is 0 Å². The minimum Gasteiger partial charge on any atom is -0.480 e. The number of aryl methyl sites for hydroxylation is 1. The van der Waals surface area contributed by atoms with Gasteiger partial charge in [-0.05, 0) is 24.5 Å². The number of nitrogens with zero attached hydrogens (tertiary/aromatic N) is 3. The van der Waals surface area contributed by atoms with Crippen LogP contribution < -0.4 is 4.74 Å². The molecule has 2 aromatic rings. The lowest BCUT2D eigenvalue weighted by Crippen LogP contribution is -2.41. The standard InChI is InChI=1S/C16H17N3O3/c1-10-17-15(18-22-10)12-6-4-8-19(12)16(20)14-9-11-5-2-3-7-13(11)21-14/h2-3,5,7,12,14H,4,6,8-9H2,1H3/t12-,14+/m0/s1. The Kier molecular flexibility index (Phi) is 3.10. The van der Waals surface area contributed by atoms with Crippen molar-refractivity contribution in [2.45, 2.75) is 38.3 Å². The average Bonchev–Trinajstić information content (AvgIpc) is 3.24. The summed E-state index contributed by atoms with van der Waals surface area (Å²) in [7, 11) is 0. The van der Waals surface area contributed by atoms with Gasteiger partial charge in [-0.15, -0.1) is 0 Å². The van der Waals surface area contributed by atoms with Crippen LogP contribution in [0.1, 0.15) is 36.2 Å². The number of benzene rings is 1. The van der Waals surface area contributed by atoms with E-state index in [1.165, 1.54) is 0 Å². The van der Waals surface area contributed by atoms with Crippen LogP contribution in [0.4, 0.5) is 0 Å². The van der Waals surface area contributed by atoms with Crippen molar-refractivity contribution in [3.8, 4) is 5.75 Å². The third kappa shape index (κ3) is 2.15. The molecule has 2 aliphatic rings. The van der Waals surface area contributed by atoms with Gasteiger partial charge in [-0.2, -0.15) is 4.98 Å². The molecule has 2 aliphatic heterocycles. The quantitative estimate of drug-likeness (QED) is 0.849. The minimum absolute atomic E-state index is 0.0150. The summed E-state index contributed by atoms with van der Waals surface area (Å²) in [6, 6.07) is 7.71. The van der Waals surface area contributed by atoms with Gasteiger partial charge in [0.2, 0.25) is 5.89 Å². The van der Waals surface area contributed by atoms with Crippen LogP contribution in [0.2, 0.25) is 0 Å². The Morgan fingerprint density at radius 1 is 1.36 bits per heavy atom. The number of ether oxygens (including phenoxy) is 1. The van der Waals surface area contributed by atoms with E-state index in [9.17, 15) is 4.79 Å². The Morgan fingerprint density at radius 3 is 3.00 bits per heavy atom. The number of aromatic nitrogens is 2. The van der Waals surface area contributed by atoms with E-state index in [1.807, 2.05) is 29.2 Å². The van der Waals surface area contributed by atoms with E-state index in [1.54, 1.807) is 6.92 Å². The Hall–Kier alpha value is -2.37. The zero-order valence-electron chi connectivity index (χ0n) is 12.4. The topological polar surface area (TPSA) is 68.5 Å². The highest BCUT2D eigenvalue weighted by Crippen LogP contribution is 2.34. The van der Waals surface area contributed by atoms with E-state index in [0.717, 1.165) is 24.2 Å². The molecule has 0 N–H and O–H groups in total. The van der Waals surface area contributed by atoms with Crippen molar-refractivity contribution >= 4 is 5.91 Å². The van der Waals surface area contributed by atoms with Gasteiger partial charge < -0.3 is 14.2 Å². The molecule has 1 amide bonds. The van der Waals surface area contributed by atoms with Gasteiger partial charge in [0.1, 0.15) is 5.75 Å². The number of fused-ring (bicyclic) bond motifs is 1. The number of amides is 1. The first-order chi connectivity index (χ1) is 10.7. The van der Waals surface area contributed by atoms with Crippen LogP contribution >= 0.6 is 0 Å². The SMILES string of the molecule is Cc1nc([C@@H]2CCCN2C(=O)[C@H]2Cc3ccccc3O2)no1. The predicted octanol–water partition coefficient (Wildman–Crippen LogP) is 2.05. The molecule has 0 unspecified atom stereocenters. The van der Waals surface area contributed by atoms with Crippen LogP contribution in [-0.2, 0) is 11.2 Å². The smallest absolute Gasteiger partial charge is 0.264 e. The average molecular weight is 299 g/mol. The van der Waals surface area contributed by atoms with Gasteiger partial charge in [0.25, 0.3) is 5.91 Å². The fourth-order valence-electron chi connectivity index (χ4n) is 3.25. The molecule has 1 aromatic heterocycles. The second kappa shape index (κ2) is 5.12. The number of rotatable bonds is 2. The summed E-state index contributed by atoms with van der Waals surface area (Å²) in [6.45, 7) is 2.47. The Bertz CT molecular complexity index is 687. The number of likely N-dealkylation sites (tertiary alicyclic amines) is 1. The maximum absolute atomic E-state index is 12.8. The van der Waals surface area contributed by atoms with Gasteiger partial charge in [0.05, 0.1) is 6.04 Å². The van der Waals surface area contributed by atoms with E-state index < -0.39 is 6.10 Å². The number of carbonyl (C=O) groups is 1. The van der Waals surface area contributed by atoms with E-state index in [4.69, 9.17) is 9.26 Å². The second-order valence-electron chi connectivity index (χ2n) is 5.78. The summed E-state index contributed by atoms with van der Waals surface area (Å²) < 4.78 is 10.9. The molecule has 0 radical (unpaired) electrons. The summed E-state index contributed by atoms with van der Waals surface area (Å²) in [5, 5.41) is 3.98. The van der Waals surface area contributed by atoms with Gasteiger partial charge in [-0.3, -0.25) is 4.79 Å². The van der Waals surface area contributed by atoms with Crippen molar-refractivity contribution in [1.82, 2.24) is 15.0 Å². The van der Waals surface area contributed by atoms with Crippen LogP contribution in [0.3, 0.4) is 0 Å². The van der Waals surface area contributed by atoms with Gasteiger partial charge >= 0.3 is 0 Å². The number of para-hydroxylation sites is 1. The lowest BCUT2D eigenvalue weighted by molar-refractivity contribution is -0.139. The fourth-order valence-corrected chi connectivity index (χ4v) is 3.25. The largest absolute Gasteiger partial charge is 0.480 e. The van der Waals surface area contributed by atoms with Gasteiger partial charge in [-0.1, -0.05) is 23.4 Å². The molecule has 4 rings (SSSR count). The zero-order chi connectivity index (χ0) is 15.1. The monoisotopic (exact) mass is 299 g/mol. The summed E-state index contributed by atoms with van der Waals surface area (Å²) in [4.78, 5) is 18.9. The molecule has 2 atom stereocenters. The Balaban J connectivity index is 1.53. The molecule has 114 valence electrons. The van der Waals surface area contributed by atoms with Crippen molar-refractivity contribution in [2.24, 2.45) is 0 Å². The summed E-state index contributed by atoms with van der Waals surface area (Å²) in [6.07, 6.45) is 2.00. The molecule has 22 heavy (non-hydrogen) atoms. The number of carbonyl (C=O) groups excluding carboxylic acids is 1. The molecule has 1 fully saturated rings. The predicted molar refractivity (Wildman–Crippen MR) is 77.3 cm³/mol. The van der Waals surface area contributed by atoms with Crippen LogP contribution in [0.5, 0.6) is 5.75 Å². The molecule has 0 spiro atoms. The molecule has 3 heterocycles. The van der Waals surface area contributed by atoms with Gasteiger partial charge in [-0.25, -0.2) is 0 Å². The summed E-state index contributed by atoms with van der Waals surface area (Å²) in [5.41, 5.74) is 1.09. The molecule has 6 heteroatoms. The first-order valence-electron chi connectivity index (χ1n) is 7.57. The first-order valence-corrected chi connectivity index (χ1v) is 7.57. The Labute approximate surface area is 128 Å². The van der Waals surface area contributed by atoms with Gasteiger partial charge in [0, 0.05) is 19.9 Å². The zero-order valence-corrected chi connectivity index (χ0v) is 12.4. The third-order valence-corrected chi connectivity index (χ3v) is 4.30. The third-order valence-electron chi connectivity index (χ3n) is 4.30. The Morgan fingerprint density at radius 2 is 2.23 bits per heavy atom. The van der Waals surface area contributed by atoms with Crippen LogP contribution in [-0.4, -0.2) is 33.6 Å².